The maximum Gasteiger partial charge on any atom is 0.134 e. The number of nitrogens with zero attached hydrogens (tertiary/aromatic N) is 1. The Hall–Kier alpha value is -1.86. The molecule has 0 radical (unpaired) electrons. The van der Waals surface area contributed by atoms with E-state index in [9.17, 15) is 4.39 Å². The molecule has 4 heteroatoms. The van der Waals surface area contributed by atoms with Gasteiger partial charge in [0, 0.05) is 0 Å². The van der Waals surface area contributed by atoms with Crippen LogP contribution in [-0.2, 0) is 6.61 Å². The summed E-state index contributed by atoms with van der Waals surface area (Å²) >= 11 is 3.33. The van der Waals surface area contributed by atoms with Crippen LogP contribution in [0.4, 0.5) is 4.39 Å². The monoisotopic (exact) mass is 305 g/mol. The van der Waals surface area contributed by atoms with Crippen molar-refractivity contribution in [2.24, 2.45) is 0 Å². The second-order valence-corrected chi connectivity index (χ2v) is 4.53. The lowest BCUT2D eigenvalue weighted by molar-refractivity contribution is 0.303. The molecular weight excluding hydrogens is 297 g/mol. The van der Waals surface area contributed by atoms with E-state index in [0.29, 0.717) is 15.8 Å². The molecule has 0 aliphatic rings. The van der Waals surface area contributed by atoms with Gasteiger partial charge in [0.15, 0.2) is 0 Å². The third-order valence-corrected chi connectivity index (χ3v) is 2.96. The molecule has 0 unspecified atom stereocenters. The smallest absolute Gasteiger partial charge is 0.134 e. The summed E-state index contributed by atoms with van der Waals surface area (Å²) in [5, 5.41) is 8.74. The molecule has 2 rings (SSSR count). The predicted octanol–water partition coefficient (Wildman–Crippen LogP) is 4.04. The first-order valence-electron chi connectivity index (χ1n) is 5.26. The summed E-state index contributed by atoms with van der Waals surface area (Å²) in [6, 6.07) is 13.4. The fourth-order valence-corrected chi connectivity index (χ4v) is 1.97. The summed E-state index contributed by atoms with van der Waals surface area (Å²) in [7, 11) is 0. The fraction of sp³-hybridized carbons (Fsp3) is 0.0714. The van der Waals surface area contributed by atoms with Crippen molar-refractivity contribution in [1.82, 2.24) is 0 Å². The number of rotatable bonds is 3. The van der Waals surface area contributed by atoms with Crippen molar-refractivity contribution < 1.29 is 9.13 Å². The predicted molar refractivity (Wildman–Crippen MR) is 69.6 cm³/mol. The zero-order chi connectivity index (χ0) is 13.0. The molecule has 0 heterocycles. The Labute approximate surface area is 113 Å². The molecule has 0 aliphatic carbocycles. The van der Waals surface area contributed by atoms with E-state index in [-0.39, 0.29) is 12.4 Å². The van der Waals surface area contributed by atoms with Crippen LogP contribution in [0.1, 0.15) is 11.1 Å². The molecule has 0 saturated heterocycles. The van der Waals surface area contributed by atoms with Crippen molar-refractivity contribution in [2.45, 2.75) is 6.61 Å². The van der Waals surface area contributed by atoms with E-state index in [1.807, 2.05) is 6.07 Å². The average Bonchev–Trinajstić information content (AvgIpc) is 2.37. The Morgan fingerprint density at radius 1 is 1.22 bits per heavy atom. The van der Waals surface area contributed by atoms with Crippen LogP contribution in [0.2, 0.25) is 0 Å². The lowest BCUT2D eigenvalue weighted by Crippen LogP contribution is -1.96. The van der Waals surface area contributed by atoms with Crippen molar-refractivity contribution >= 4 is 15.9 Å². The normalized spacial score (nSPS) is 9.83. The van der Waals surface area contributed by atoms with Gasteiger partial charge in [-0.1, -0.05) is 12.1 Å². The number of benzene rings is 2. The van der Waals surface area contributed by atoms with E-state index in [1.165, 1.54) is 12.1 Å². The van der Waals surface area contributed by atoms with Crippen molar-refractivity contribution in [3.8, 4) is 11.8 Å². The van der Waals surface area contributed by atoms with E-state index in [4.69, 9.17) is 10.00 Å². The van der Waals surface area contributed by atoms with Crippen molar-refractivity contribution in [2.75, 3.05) is 0 Å². The van der Waals surface area contributed by atoms with Crippen LogP contribution < -0.4 is 4.74 Å². The van der Waals surface area contributed by atoms with Gasteiger partial charge in [-0.2, -0.15) is 5.26 Å². The molecule has 90 valence electrons. The van der Waals surface area contributed by atoms with Gasteiger partial charge in [-0.3, -0.25) is 0 Å². The number of ether oxygens (including phenoxy) is 1. The lowest BCUT2D eigenvalue weighted by Gasteiger charge is -2.08. The van der Waals surface area contributed by atoms with Crippen molar-refractivity contribution in [3.63, 3.8) is 0 Å². The Kier molecular flexibility index (Phi) is 3.96. The maximum absolute atomic E-state index is 13.0. The lowest BCUT2D eigenvalue weighted by atomic mass is 10.2. The highest BCUT2D eigenvalue weighted by atomic mass is 79.9. The minimum Gasteiger partial charge on any atom is -0.488 e. The quantitative estimate of drug-likeness (QED) is 0.857. The number of halogens is 2. The summed E-state index contributed by atoms with van der Waals surface area (Å²) in [4.78, 5) is 0. The van der Waals surface area contributed by atoms with E-state index in [1.54, 1.807) is 30.3 Å². The molecule has 0 aromatic heterocycles. The summed E-state index contributed by atoms with van der Waals surface area (Å²) in [5.74, 6) is 0.341. The topological polar surface area (TPSA) is 33.0 Å². The number of hydrogen-bond acceptors (Lipinski definition) is 2. The molecule has 18 heavy (non-hydrogen) atoms. The highest BCUT2D eigenvalue weighted by molar-refractivity contribution is 9.10. The molecule has 0 aliphatic heterocycles. The van der Waals surface area contributed by atoms with Gasteiger partial charge in [0.05, 0.1) is 16.1 Å². The van der Waals surface area contributed by atoms with Crippen LogP contribution in [0, 0.1) is 17.1 Å². The van der Waals surface area contributed by atoms with Crippen LogP contribution in [0.5, 0.6) is 5.75 Å². The van der Waals surface area contributed by atoms with Crippen LogP contribution in [0.3, 0.4) is 0 Å². The van der Waals surface area contributed by atoms with Crippen molar-refractivity contribution in [1.29, 1.82) is 5.26 Å². The van der Waals surface area contributed by atoms with Crippen LogP contribution in [0.25, 0.3) is 0 Å². The first-order valence-corrected chi connectivity index (χ1v) is 6.05. The van der Waals surface area contributed by atoms with Gasteiger partial charge in [-0.25, -0.2) is 4.39 Å². The van der Waals surface area contributed by atoms with E-state index >= 15 is 0 Å². The van der Waals surface area contributed by atoms with Crippen molar-refractivity contribution in [3.05, 3.63) is 63.9 Å². The van der Waals surface area contributed by atoms with Gasteiger partial charge in [0.25, 0.3) is 0 Å². The van der Waals surface area contributed by atoms with Crippen LogP contribution >= 0.6 is 15.9 Å². The summed E-state index contributed by atoms with van der Waals surface area (Å²) < 4.78 is 19.2. The number of nitriles is 1. The second kappa shape index (κ2) is 5.65. The summed E-state index contributed by atoms with van der Waals surface area (Å²) in [6.07, 6.45) is 0. The van der Waals surface area contributed by atoms with E-state index < -0.39 is 0 Å². The zero-order valence-electron chi connectivity index (χ0n) is 9.36. The third kappa shape index (κ3) is 3.08. The molecule has 0 N–H and O–H groups in total. The Morgan fingerprint density at radius 3 is 2.72 bits per heavy atom. The molecular formula is C14H9BrFNO. The highest BCUT2D eigenvalue weighted by Gasteiger charge is 2.03. The average molecular weight is 306 g/mol. The van der Waals surface area contributed by atoms with Gasteiger partial charge < -0.3 is 4.74 Å². The maximum atomic E-state index is 13.0. The van der Waals surface area contributed by atoms with Crippen LogP contribution in [0.15, 0.2) is 46.9 Å². The minimum absolute atomic E-state index is 0.280. The minimum atomic E-state index is -0.282. The standard InChI is InChI=1S/C14H9BrFNO/c15-13-7-10(8-17)4-5-14(13)18-9-11-2-1-3-12(16)6-11/h1-7H,9H2. The summed E-state index contributed by atoms with van der Waals surface area (Å²) in [5.41, 5.74) is 1.31. The number of hydrogen-bond donors (Lipinski definition) is 0. The van der Waals surface area contributed by atoms with Gasteiger partial charge in [-0.05, 0) is 51.8 Å². The first-order chi connectivity index (χ1) is 8.69. The van der Waals surface area contributed by atoms with Gasteiger partial charge in [0.1, 0.15) is 18.2 Å². The van der Waals surface area contributed by atoms with E-state index in [2.05, 4.69) is 15.9 Å². The molecule has 0 amide bonds. The summed E-state index contributed by atoms with van der Waals surface area (Å²) in [6.45, 7) is 0.280. The molecule has 0 bridgehead atoms. The van der Waals surface area contributed by atoms with Gasteiger partial charge >= 0.3 is 0 Å². The molecule has 2 nitrogen and oxygen atoms in total. The third-order valence-electron chi connectivity index (χ3n) is 2.34. The fourth-order valence-electron chi connectivity index (χ4n) is 1.48. The Morgan fingerprint density at radius 2 is 2.06 bits per heavy atom. The second-order valence-electron chi connectivity index (χ2n) is 3.68. The largest absolute Gasteiger partial charge is 0.488 e. The van der Waals surface area contributed by atoms with E-state index in [0.717, 1.165) is 5.56 Å². The van der Waals surface area contributed by atoms with Gasteiger partial charge in [0.2, 0.25) is 0 Å². The molecule has 0 atom stereocenters. The molecule has 0 saturated carbocycles. The molecule has 2 aromatic rings. The molecule has 0 spiro atoms. The molecule has 0 fully saturated rings. The zero-order valence-corrected chi connectivity index (χ0v) is 10.9. The first kappa shape index (κ1) is 12.6. The van der Waals surface area contributed by atoms with Crippen LogP contribution in [-0.4, -0.2) is 0 Å². The highest BCUT2D eigenvalue weighted by Crippen LogP contribution is 2.26. The SMILES string of the molecule is N#Cc1ccc(OCc2cccc(F)c2)c(Br)c1. The van der Waals surface area contributed by atoms with Gasteiger partial charge in [-0.15, -0.1) is 0 Å². The molecule has 2 aromatic carbocycles. The Balaban J connectivity index is 2.09. The Bertz CT molecular complexity index is 607.